The number of likely N-dealkylation sites (tertiary alicyclic amines) is 1. The summed E-state index contributed by atoms with van der Waals surface area (Å²) in [5, 5.41) is 10.6. The predicted molar refractivity (Wildman–Crippen MR) is 99.4 cm³/mol. The molecule has 1 aromatic heterocycles. The van der Waals surface area contributed by atoms with Crippen molar-refractivity contribution in [2.45, 2.75) is 45.2 Å². The summed E-state index contributed by atoms with van der Waals surface area (Å²) in [6, 6.07) is 7.18. The van der Waals surface area contributed by atoms with Gasteiger partial charge in [-0.25, -0.2) is 0 Å². The number of rotatable bonds is 5. The molecule has 1 aromatic carbocycles. The standard InChI is InChI=1S/C18H22N4O3S/c1-12-4-3-5-13(2)22(12)16(23)10-25-15-8-6-14(7-9-15)17(24)20-18-21-19-11-26-18/h6-9,11-13H,3-5,10H2,1-2H3,(H,20,21,24). The minimum atomic E-state index is -0.264. The largest absolute Gasteiger partial charge is 0.484 e. The van der Waals surface area contributed by atoms with Crippen LogP contribution < -0.4 is 10.1 Å². The SMILES string of the molecule is CC1CCCC(C)N1C(=O)COc1ccc(C(=O)Nc2nncs2)cc1. The highest BCUT2D eigenvalue weighted by Gasteiger charge is 2.28. The van der Waals surface area contributed by atoms with Gasteiger partial charge in [-0.3, -0.25) is 14.9 Å². The van der Waals surface area contributed by atoms with Crippen molar-refractivity contribution in [3.05, 3.63) is 35.3 Å². The van der Waals surface area contributed by atoms with Crippen LogP contribution in [0.1, 0.15) is 43.5 Å². The maximum atomic E-state index is 12.5. The van der Waals surface area contributed by atoms with Crippen molar-refractivity contribution < 1.29 is 14.3 Å². The normalized spacial score (nSPS) is 19.8. The fourth-order valence-electron chi connectivity index (χ4n) is 3.23. The Morgan fingerprint density at radius 2 is 1.92 bits per heavy atom. The van der Waals surface area contributed by atoms with Gasteiger partial charge in [0.05, 0.1) is 0 Å². The number of aromatic nitrogens is 2. The number of nitrogens with zero attached hydrogens (tertiary/aromatic N) is 3. The summed E-state index contributed by atoms with van der Waals surface area (Å²) in [6.07, 6.45) is 3.23. The molecular formula is C18H22N4O3S. The maximum absolute atomic E-state index is 12.5. The first-order valence-electron chi connectivity index (χ1n) is 8.66. The number of ether oxygens (including phenoxy) is 1. The summed E-state index contributed by atoms with van der Waals surface area (Å²) in [7, 11) is 0. The molecule has 1 aliphatic rings. The van der Waals surface area contributed by atoms with Crippen molar-refractivity contribution in [1.82, 2.24) is 15.1 Å². The van der Waals surface area contributed by atoms with Crippen molar-refractivity contribution in [2.24, 2.45) is 0 Å². The van der Waals surface area contributed by atoms with Crippen molar-refractivity contribution in [1.29, 1.82) is 0 Å². The number of piperidine rings is 1. The molecule has 8 heteroatoms. The lowest BCUT2D eigenvalue weighted by atomic mass is 9.97. The average molecular weight is 374 g/mol. The van der Waals surface area contributed by atoms with E-state index >= 15 is 0 Å². The third kappa shape index (κ3) is 4.37. The number of carbonyl (C=O) groups is 2. The Morgan fingerprint density at radius 1 is 1.23 bits per heavy atom. The molecule has 0 saturated carbocycles. The molecule has 7 nitrogen and oxygen atoms in total. The van der Waals surface area contributed by atoms with E-state index in [0.717, 1.165) is 19.3 Å². The number of hydrogen-bond donors (Lipinski definition) is 1. The molecule has 1 aliphatic heterocycles. The highest BCUT2D eigenvalue weighted by Crippen LogP contribution is 2.23. The Balaban J connectivity index is 1.54. The number of benzene rings is 1. The summed E-state index contributed by atoms with van der Waals surface area (Å²) < 4.78 is 5.62. The van der Waals surface area contributed by atoms with E-state index in [1.54, 1.807) is 29.8 Å². The second-order valence-corrected chi connectivity index (χ2v) is 7.27. The molecule has 1 N–H and O–H groups in total. The Morgan fingerprint density at radius 3 is 2.54 bits per heavy atom. The molecule has 1 fully saturated rings. The summed E-state index contributed by atoms with van der Waals surface area (Å²) in [5.41, 5.74) is 2.03. The first-order valence-corrected chi connectivity index (χ1v) is 9.54. The van der Waals surface area contributed by atoms with Gasteiger partial charge in [-0.1, -0.05) is 11.3 Å². The Bertz CT molecular complexity index is 738. The number of nitrogens with one attached hydrogen (secondary N) is 1. The lowest BCUT2D eigenvalue weighted by Gasteiger charge is -2.38. The van der Waals surface area contributed by atoms with Crippen LogP contribution in [0, 0.1) is 0 Å². The van der Waals surface area contributed by atoms with Gasteiger partial charge in [0, 0.05) is 17.6 Å². The van der Waals surface area contributed by atoms with Crippen molar-refractivity contribution in [3.63, 3.8) is 0 Å². The zero-order valence-electron chi connectivity index (χ0n) is 14.8. The van der Waals surface area contributed by atoms with Gasteiger partial charge in [-0.2, -0.15) is 0 Å². The summed E-state index contributed by atoms with van der Waals surface area (Å²) in [6.45, 7) is 4.17. The van der Waals surface area contributed by atoms with Crippen LogP contribution in [0.25, 0.3) is 0 Å². The third-order valence-corrected chi connectivity index (χ3v) is 5.15. The summed E-state index contributed by atoms with van der Waals surface area (Å²) >= 11 is 1.25. The molecule has 0 spiro atoms. The van der Waals surface area contributed by atoms with Crippen LogP contribution >= 0.6 is 11.3 Å². The van der Waals surface area contributed by atoms with Crippen LogP contribution in [0.4, 0.5) is 5.13 Å². The van der Waals surface area contributed by atoms with Crippen LogP contribution in [0.3, 0.4) is 0 Å². The smallest absolute Gasteiger partial charge is 0.260 e. The Labute approximate surface area is 156 Å². The minimum absolute atomic E-state index is 0.00258. The molecule has 2 unspecified atom stereocenters. The van der Waals surface area contributed by atoms with E-state index < -0.39 is 0 Å². The van der Waals surface area contributed by atoms with E-state index in [2.05, 4.69) is 29.4 Å². The van der Waals surface area contributed by atoms with Gasteiger partial charge in [0.25, 0.3) is 11.8 Å². The fraction of sp³-hybridized carbons (Fsp3) is 0.444. The number of hydrogen-bond acceptors (Lipinski definition) is 6. The van der Waals surface area contributed by atoms with Gasteiger partial charge in [0.15, 0.2) is 6.61 Å². The summed E-state index contributed by atoms with van der Waals surface area (Å²) in [4.78, 5) is 26.5. The van der Waals surface area contributed by atoms with Crippen molar-refractivity contribution >= 4 is 28.3 Å². The van der Waals surface area contributed by atoms with Gasteiger partial charge >= 0.3 is 0 Å². The number of carbonyl (C=O) groups excluding carboxylic acids is 2. The Hall–Kier alpha value is -2.48. The monoisotopic (exact) mass is 374 g/mol. The fourth-order valence-corrected chi connectivity index (χ4v) is 3.67. The predicted octanol–water partition coefficient (Wildman–Crippen LogP) is 2.96. The quantitative estimate of drug-likeness (QED) is 0.870. The van der Waals surface area contributed by atoms with Crippen LogP contribution in [0.5, 0.6) is 5.75 Å². The highest BCUT2D eigenvalue weighted by atomic mass is 32.1. The zero-order chi connectivity index (χ0) is 18.5. The second-order valence-electron chi connectivity index (χ2n) is 6.44. The molecule has 2 atom stereocenters. The molecule has 2 heterocycles. The van der Waals surface area contributed by atoms with Crippen LogP contribution in [-0.4, -0.2) is 45.6 Å². The molecule has 2 aromatic rings. The van der Waals surface area contributed by atoms with Gasteiger partial charge < -0.3 is 9.64 Å². The highest BCUT2D eigenvalue weighted by molar-refractivity contribution is 7.13. The van der Waals surface area contributed by atoms with E-state index in [1.165, 1.54) is 11.3 Å². The summed E-state index contributed by atoms with van der Waals surface area (Å²) in [5.74, 6) is 0.297. The molecular weight excluding hydrogens is 352 g/mol. The van der Waals surface area contributed by atoms with E-state index in [0.29, 0.717) is 16.4 Å². The van der Waals surface area contributed by atoms with Gasteiger partial charge in [-0.15, -0.1) is 10.2 Å². The average Bonchev–Trinajstić information content (AvgIpc) is 3.13. The van der Waals surface area contributed by atoms with Crippen LogP contribution in [0.2, 0.25) is 0 Å². The Kier molecular flexibility index (Phi) is 5.82. The van der Waals surface area contributed by atoms with E-state index in [4.69, 9.17) is 4.74 Å². The van der Waals surface area contributed by atoms with Gasteiger partial charge in [-0.05, 0) is 57.4 Å². The van der Waals surface area contributed by atoms with E-state index in [9.17, 15) is 9.59 Å². The van der Waals surface area contributed by atoms with Gasteiger partial charge in [0.2, 0.25) is 5.13 Å². The molecule has 3 rings (SSSR count). The first-order chi connectivity index (χ1) is 12.5. The van der Waals surface area contributed by atoms with Crippen molar-refractivity contribution in [2.75, 3.05) is 11.9 Å². The molecule has 2 amide bonds. The lowest BCUT2D eigenvalue weighted by Crippen LogP contribution is -2.49. The van der Waals surface area contributed by atoms with E-state index in [1.807, 2.05) is 4.90 Å². The topological polar surface area (TPSA) is 84.4 Å². The molecule has 0 radical (unpaired) electrons. The third-order valence-electron chi connectivity index (χ3n) is 4.54. The minimum Gasteiger partial charge on any atom is -0.484 e. The first kappa shape index (κ1) is 18.3. The molecule has 0 aliphatic carbocycles. The van der Waals surface area contributed by atoms with Crippen molar-refractivity contribution in [3.8, 4) is 5.75 Å². The molecule has 0 bridgehead atoms. The maximum Gasteiger partial charge on any atom is 0.260 e. The molecule has 1 saturated heterocycles. The second kappa shape index (κ2) is 8.27. The van der Waals surface area contributed by atoms with Crippen LogP contribution in [0.15, 0.2) is 29.8 Å². The lowest BCUT2D eigenvalue weighted by molar-refractivity contribution is -0.139. The van der Waals surface area contributed by atoms with E-state index in [-0.39, 0.29) is 30.5 Å². The number of amides is 2. The zero-order valence-corrected chi connectivity index (χ0v) is 15.7. The van der Waals surface area contributed by atoms with Crippen LogP contribution in [-0.2, 0) is 4.79 Å². The molecule has 26 heavy (non-hydrogen) atoms. The number of anilines is 1. The van der Waals surface area contributed by atoms with Gasteiger partial charge in [0.1, 0.15) is 11.3 Å². The molecule has 138 valence electrons.